The average molecular weight is 326 g/mol. The summed E-state index contributed by atoms with van der Waals surface area (Å²) in [4.78, 5) is 7.04. The fourth-order valence-electron chi connectivity index (χ4n) is 2.99. The van der Waals surface area contributed by atoms with Gasteiger partial charge in [0.15, 0.2) is 5.89 Å². The number of aromatic nitrogens is 5. The van der Waals surface area contributed by atoms with Gasteiger partial charge in [0.2, 0.25) is 5.65 Å². The number of anilines is 1. The molecule has 1 aliphatic heterocycles. The van der Waals surface area contributed by atoms with Crippen molar-refractivity contribution in [3.8, 4) is 0 Å². The van der Waals surface area contributed by atoms with Crippen molar-refractivity contribution in [3.05, 3.63) is 35.4 Å². The number of fused-ring (bicyclic) bond motifs is 2. The first kappa shape index (κ1) is 15.1. The number of hydrogen-bond acceptors (Lipinski definition) is 6. The van der Waals surface area contributed by atoms with Gasteiger partial charge in [-0.15, -0.1) is 10.2 Å². The minimum atomic E-state index is -0.0749. The molecule has 7 heteroatoms. The van der Waals surface area contributed by atoms with Gasteiger partial charge in [-0.2, -0.15) is 9.61 Å². The van der Waals surface area contributed by atoms with Gasteiger partial charge in [0, 0.05) is 18.4 Å². The van der Waals surface area contributed by atoms with Crippen LogP contribution in [-0.4, -0.2) is 31.3 Å². The summed E-state index contributed by atoms with van der Waals surface area (Å²) in [6, 6.07) is 2.11. The molecule has 0 aromatic carbocycles. The first-order valence-electron chi connectivity index (χ1n) is 8.39. The lowest BCUT2D eigenvalue weighted by Crippen LogP contribution is -2.30. The SMILES string of the molecule is CCc1cc(N2CCc3oc(C(C)(C)C)nc3C2)c2nncn2n1. The van der Waals surface area contributed by atoms with Crippen LogP contribution in [-0.2, 0) is 24.8 Å². The third-order valence-corrected chi connectivity index (χ3v) is 4.37. The molecule has 0 spiro atoms. The van der Waals surface area contributed by atoms with Crippen LogP contribution in [0.5, 0.6) is 0 Å². The van der Waals surface area contributed by atoms with Crippen LogP contribution in [0.25, 0.3) is 5.65 Å². The maximum atomic E-state index is 5.99. The Morgan fingerprint density at radius 1 is 1.29 bits per heavy atom. The van der Waals surface area contributed by atoms with E-state index in [1.807, 2.05) is 0 Å². The standard InChI is InChI=1S/C17H22N6O/c1-5-11-8-13(15-20-18-10-23(15)21-11)22-7-6-14-12(9-22)19-16(24-14)17(2,3)4/h8,10H,5-7,9H2,1-4H3. The highest BCUT2D eigenvalue weighted by Gasteiger charge is 2.28. The third-order valence-electron chi connectivity index (χ3n) is 4.37. The molecule has 4 heterocycles. The topological polar surface area (TPSA) is 72.4 Å². The van der Waals surface area contributed by atoms with E-state index >= 15 is 0 Å². The molecule has 24 heavy (non-hydrogen) atoms. The van der Waals surface area contributed by atoms with Crippen LogP contribution in [0.4, 0.5) is 5.69 Å². The quantitative estimate of drug-likeness (QED) is 0.720. The molecule has 0 radical (unpaired) electrons. The second kappa shape index (κ2) is 5.29. The molecule has 0 N–H and O–H groups in total. The monoisotopic (exact) mass is 326 g/mol. The number of oxazole rings is 1. The summed E-state index contributed by atoms with van der Waals surface area (Å²) in [5, 5.41) is 12.8. The maximum Gasteiger partial charge on any atom is 0.200 e. The van der Waals surface area contributed by atoms with Crippen LogP contribution in [0.15, 0.2) is 16.8 Å². The Labute approximate surface area is 140 Å². The van der Waals surface area contributed by atoms with E-state index in [4.69, 9.17) is 9.40 Å². The zero-order valence-corrected chi connectivity index (χ0v) is 14.6. The van der Waals surface area contributed by atoms with Crippen molar-refractivity contribution < 1.29 is 4.42 Å². The van der Waals surface area contributed by atoms with E-state index in [0.29, 0.717) is 0 Å². The van der Waals surface area contributed by atoms with Gasteiger partial charge in [0.1, 0.15) is 17.8 Å². The number of hydrogen-bond donors (Lipinski definition) is 0. The molecule has 0 unspecified atom stereocenters. The highest BCUT2D eigenvalue weighted by atomic mass is 16.4. The van der Waals surface area contributed by atoms with Crippen molar-refractivity contribution in [1.82, 2.24) is 24.8 Å². The summed E-state index contributed by atoms with van der Waals surface area (Å²) in [5.41, 5.74) is 3.83. The van der Waals surface area contributed by atoms with Gasteiger partial charge < -0.3 is 9.32 Å². The van der Waals surface area contributed by atoms with Gasteiger partial charge in [-0.3, -0.25) is 0 Å². The molecule has 0 saturated heterocycles. The minimum absolute atomic E-state index is 0.0749. The zero-order valence-electron chi connectivity index (χ0n) is 14.6. The van der Waals surface area contributed by atoms with E-state index in [2.05, 4.69) is 54.0 Å². The first-order valence-corrected chi connectivity index (χ1v) is 8.39. The summed E-state index contributed by atoms with van der Waals surface area (Å²) in [6.07, 6.45) is 3.38. The van der Waals surface area contributed by atoms with Gasteiger partial charge in [0.25, 0.3) is 0 Å². The van der Waals surface area contributed by atoms with Crippen molar-refractivity contribution in [2.24, 2.45) is 0 Å². The van der Waals surface area contributed by atoms with Gasteiger partial charge in [-0.05, 0) is 12.5 Å². The zero-order chi connectivity index (χ0) is 16.9. The molecule has 3 aromatic rings. The molecule has 0 bridgehead atoms. The van der Waals surface area contributed by atoms with Crippen molar-refractivity contribution in [2.75, 3.05) is 11.4 Å². The summed E-state index contributed by atoms with van der Waals surface area (Å²) in [5.74, 6) is 1.82. The molecule has 126 valence electrons. The molecule has 0 atom stereocenters. The fraction of sp³-hybridized carbons (Fsp3) is 0.529. The smallest absolute Gasteiger partial charge is 0.200 e. The molecular weight excluding hydrogens is 304 g/mol. The molecule has 3 aromatic heterocycles. The average Bonchev–Trinajstić information content (AvgIpc) is 3.18. The Morgan fingerprint density at radius 3 is 2.88 bits per heavy atom. The Kier molecular flexibility index (Phi) is 3.33. The van der Waals surface area contributed by atoms with E-state index in [9.17, 15) is 0 Å². The summed E-state index contributed by atoms with van der Waals surface area (Å²) in [6.45, 7) is 10.1. The molecule has 7 nitrogen and oxygen atoms in total. The highest BCUT2D eigenvalue weighted by molar-refractivity contribution is 5.68. The number of rotatable bonds is 2. The van der Waals surface area contributed by atoms with Crippen molar-refractivity contribution in [3.63, 3.8) is 0 Å². The number of nitrogens with zero attached hydrogens (tertiary/aromatic N) is 6. The Bertz CT molecular complexity index is 888. The summed E-state index contributed by atoms with van der Waals surface area (Å²) < 4.78 is 7.75. The Morgan fingerprint density at radius 2 is 2.12 bits per heavy atom. The normalized spacial score (nSPS) is 15.1. The second-order valence-electron chi connectivity index (χ2n) is 7.28. The van der Waals surface area contributed by atoms with Crippen LogP contribution in [0.3, 0.4) is 0 Å². The number of aryl methyl sites for hydroxylation is 1. The van der Waals surface area contributed by atoms with Gasteiger partial charge in [0.05, 0.1) is 17.9 Å². The lowest BCUT2D eigenvalue weighted by Gasteiger charge is -2.27. The minimum Gasteiger partial charge on any atom is -0.445 e. The third kappa shape index (κ3) is 2.44. The van der Waals surface area contributed by atoms with E-state index in [1.165, 1.54) is 0 Å². The largest absolute Gasteiger partial charge is 0.445 e. The fourth-order valence-corrected chi connectivity index (χ4v) is 2.99. The first-order chi connectivity index (χ1) is 11.5. The molecule has 0 fully saturated rings. The van der Waals surface area contributed by atoms with Crippen molar-refractivity contribution in [1.29, 1.82) is 0 Å². The van der Waals surface area contributed by atoms with E-state index in [-0.39, 0.29) is 5.41 Å². The van der Waals surface area contributed by atoms with E-state index in [1.54, 1.807) is 10.8 Å². The Balaban J connectivity index is 1.72. The molecular formula is C17H22N6O. The summed E-state index contributed by atoms with van der Waals surface area (Å²) in [7, 11) is 0. The van der Waals surface area contributed by atoms with Gasteiger partial charge in [-0.1, -0.05) is 27.7 Å². The predicted molar refractivity (Wildman–Crippen MR) is 90.1 cm³/mol. The van der Waals surface area contributed by atoms with Crippen LogP contribution >= 0.6 is 0 Å². The maximum absolute atomic E-state index is 5.99. The molecule has 4 rings (SSSR count). The van der Waals surface area contributed by atoms with Crippen molar-refractivity contribution in [2.45, 2.75) is 52.5 Å². The van der Waals surface area contributed by atoms with Crippen LogP contribution in [0.1, 0.15) is 50.7 Å². The lowest BCUT2D eigenvalue weighted by atomic mass is 9.97. The molecule has 0 aliphatic carbocycles. The van der Waals surface area contributed by atoms with Crippen LogP contribution in [0, 0.1) is 0 Å². The van der Waals surface area contributed by atoms with Crippen molar-refractivity contribution >= 4 is 11.3 Å². The predicted octanol–water partition coefficient (Wildman–Crippen LogP) is 2.53. The molecule has 1 aliphatic rings. The summed E-state index contributed by atoms with van der Waals surface area (Å²) >= 11 is 0. The van der Waals surface area contributed by atoms with Gasteiger partial charge >= 0.3 is 0 Å². The lowest BCUT2D eigenvalue weighted by molar-refractivity contribution is 0.370. The van der Waals surface area contributed by atoms with E-state index in [0.717, 1.165) is 60.3 Å². The molecule has 0 saturated carbocycles. The van der Waals surface area contributed by atoms with Gasteiger partial charge in [-0.25, -0.2) is 4.98 Å². The highest BCUT2D eigenvalue weighted by Crippen LogP contribution is 2.30. The Hall–Kier alpha value is -2.44. The van der Waals surface area contributed by atoms with Crippen LogP contribution in [0.2, 0.25) is 0 Å². The second-order valence-corrected chi connectivity index (χ2v) is 7.28. The van der Waals surface area contributed by atoms with E-state index < -0.39 is 0 Å². The van der Waals surface area contributed by atoms with Crippen LogP contribution < -0.4 is 4.90 Å². The molecule has 0 amide bonds.